The molecule has 1 aromatic heterocycles. The van der Waals surface area contributed by atoms with Gasteiger partial charge in [-0.2, -0.15) is 0 Å². The van der Waals surface area contributed by atoms with E-state index in [0.29, 0.717) is 35.2 Å². The number of aliphatic hydroxyl groups excluding tert-OH is 1. The lowest BCUT2D eigenvalue weighted by Gasteiger charge is -2.24. The molecule has 1 aliphatic rings. The molecule has 3 rings (SSSR count). The molecule has 0 aliphatic carbocycles. The summed E-state index contributed by atoms with van der Waals surface area (Å²) in [5, 5.41) is 11.3. The summed E-state index contributed by atoms with van der Waals surface area (Å²) >= 11 is 5.90. The van der Waals surface area contributed by atoms with Crippen molar-refractivity contribution in [1.82, 2.24) is 9.80 Å². The van der Waals surface area contributed by atoms with Crippen LogP contribution in [0.25, 0.3) is 5.76 Å². The summed E-state index contributed by atoms with van der Waals surface area (Å²) in [6.07, 6.45) is 0. The minimum absolute atomic E-state index is 0.0235. The van der Waals surface area contributed by atoms with Crippen LogP contribution in [-0.2, 0) is 9.59 Å². The van der Waals surface area contributed by atoms with Crippen LogP contribution in [-0.4, -0.2) is 53.8 Å². The van der Waals surface area contributed by atoms with Gasteiger partial charge in [-0.25, -0.2) is 0 Å². The van der Waals surface area contributed by atoms with E-state index < -0.39 is 17.7 Å². The molecule has 1 atom stereocenters. The molecule has 1 saturated heterocycles. The molecule has 1 aromatic carbocycles. The Morgan fingerprint density at radius 3 is 2.41 bits per heavy atom. The van der Waals surface area contributed by atoms with Gasteiger partial charge in [0.15, 0.2) is 0 Å². The summed E-state index contributed by atoms with van der Waals surface area (Å²) in [6, 6.07) is 9.17. The second-order valence-electron chi connectivity index (χ2n) is 6.75. The number of Topliss-reactive ketones (excluding diaryl/α,β-unsaturated/α-hetero) is 1. The van der Waals surface area contributed by atoms with E-state index in [-0.39, 0.29) is 11.3 Å². The highest BCUT2D eigenvalue weighted by Crippen LogP contribution is 2.39. The van der Waals surface area contributed by atoms with Gasteiger partial charge >= 0.3 is 0 Å². The fourth-order valence-electron chi connectivity index (χ4n) is 3.08. The highest BCUT2D eigenvalue weighted by Gasteiger charge is 2.47. The van der Waals surface area contributed by atoms with Crippen molar-refractivity contribution < 1.29 is 19.1 Å². The largest absolute Gasteiger partial charge is 0.507 e. The van der Waals surface area contributed by atoms with Crippen LogP contribution < -0.4 is 0 Å². The van der Waals surface area contributed by atoms with E-state index in [2.05, 4.69) is 0 Å². The molecule has 6 nitrogen and oxygen atoms in total. The first-order chi connectivity index (χ1) is 12.8. The van der Waals surface area contributed by atoms with Gasteiger partial charge in [0.05, 0.1) is 5.57 Å². The molecule has 7 heteroatoms. The van der Waals surface area contributed by atoms with Gasteiger partial charge < -0.3 is 19.3 Å². The number of likely N-dealkylation sites (N-methyl/N-ethyl adjacent to an activating group) is 1. The molecular formula is C20H21ClN2O4. The number of aryl methyl sites for hydroxylation is 1. The smallest absolute Gasteiger partial charge is 0.295 e. The van der Waals surface area contributed by atoms with Gasteiger partial charge in [0.2, 0.25) is 0 Å². The first kappa shape index (κ1) is 19.2. The molecule has 0 spiro atoms. The van der Waals surface area contributed by atoms with E-state index in [4.69, 9.17) is 16.0 Å². The van der Waals surface area contributed by atoms with Gasteiger partial charge in [0.25, 0.3) is 11.7 Å². The highest BCUT2D eigenvalue weighted by atomic mass is 35.5. The van der Waals surface area contributed by atoms with E-state index in [1.165, 1.54) is 4.90 Å². The standard InChI is InChI=1S/C20H21ClN2O4/c1-12-4-9-15(27-12)17-16(18(24)13-5-7-14(21)8-6-13)19(25)20(26)23(17)11-10-22(2)3/h4-9,17,24H,10-11H2,1-3H3/t17-/m1/s1. The predicted molar refractivity (Wildman–Crippen MR) is 102 cm³/mol. The molecule has 1 aliphatic heterocycles. The van der Waals surface area contributed by atoms with Crippen molar-refractivity contribution in [3.05, 3.63) is 64.1 Å². The summed E-state index contributed by atoms with van der Waals surface area (Å²) in [5.41, 5.74) is 0.439. The zero-order valence-corrected chi connectivity index (χ0v) is 16.2. The maximum Gasteiger partial charge on any atom is 0.295 e. The fourth-order valence-corrected chi connectivity index (χ4v) is 3.20. The Kier molecular flexibility index (Phi) is 5.39. The van der Waals surface area contributed by atoms with Crippen LogP contribution in [0.15, 0.2) is 46.4 Å². The molecule has 1 amide bonds. The number of aliphatic hydroxyl groups is 1. The van der Waals surface area contributed by atoms with Crippen LogP contribution >= 0.6 is 11.6 Å². The van der Waals surface area contributed by atoms with E-state index in [1.807, 2.05) is 19.0 Å². The molecule has 1 fully saturated rings. The topological polar surface area (TPSA) is 74.0 Å². The molecule has 0 radical (unpaired) electrons. The first-order valence-corrected chi connectivity index (χ1v) is 8.93. The minimum Gasteiger partial charge on any atom is -0.507 e. The Morgan fingerprint density at radius 1 is 1.19 bits per heavy atom. The molecule has 2 heterocycles. The van der Waals surface area contributed by atoms with Gasteiger partial charge in [-0.3, -0.25) is 9.59 Å². The number of hydrogen-bond acceptors (Lipinski definition) is 5. The number of ketones is 1. The number of hydrogen-bond donors (Lipinski definition) is 1. The number of benzene rings is 1. The van der Waals surface area contributed by atoms with Crippen LogP contribution in [0.5, 0.6) is 0 Å². The quantitative estimate of drug-likeness (QED) is 0.483. The highest BCUT2D eigenvalue weighted by molar-refractivity contribution is 6.46. The fraction of sp³-hybridized carbons (Fsp3) is 0.300. The average Bonchev–Trinajstić information content (AvgIpc) is 3.15. The third kappa shape index (κ3) is 3.77. The summed E-state index contributed by atoms with van der Waals surface area (Å²) < 4.78 is 5.71. The number of likely N-dealkylation sites (tertiary alicyclic amines) is 1. The van der Waals surface area contributed by atoms with Crippen molar-refractivity contribution in [2.75, 3.05) is 27.2 Å². The van der Waals surface area contributed by atoms with Crippen LogP contribution in [0.2, 0.25) is 5.02 Å². The maximum absolute atomic E-state index is 12.7. The monoisotopic (exact) mass is 388 g/mol. The lowest BCUT2D eigenvalue weighted by Crippen LogP contribution is -2.35. The van der Waals surface area contributed by atoms with E-state index >= 15 is 0 Å². The van der Waals surface area contributed by atoms with Gasteiger partial charge in [-0.15, -0.1) is 0 Å². The lowest BCUT2D eigenvalue weighted by molar-refractivity contribution is -0.140. The Hall–Kier alpha value is -2.57. The zero-order valence-electron chi connectivity index (χ0n) is 15.4. The predicted octanol–water partition coefficient (Wildman–Crippen LogP) is 3.22. The van der Waals surface area contributed by atoms with Crippen molar-refractivity contribution in [2.24, 2.45) is 0 Å². The molecule has 1 N–H and O–H groups in total. The second-order valence-corrected chi connectivity index (χ2v) is 7.19. The number of nitrogens with zero attached hydrogens (tertiary/aromatic N) is 2. The van der Waals surface area contributed by atoms with E-state index in [0.717, 1.165) is 0 Å². The van der Waals surface area contributed by atoms with Crippen LogP contribution in [0.1, 0.15) is 23.1 Å². The van der Waals surface area contributed by atoms with Gasteiger partial charge in [-0.05, 0) is 57.4 Å². The summed E-state index contributed by atoms with van der Waals surface area (Å²) in [7, 11) is 3.77. The van der Waals surface area contributed by atoms with E-state index in [9.17, 15) is 14.7 Å². The Balaban J connectivity index is 2.11. The van der Waals surface area contributed by atoms with Crippen LogP contribution in [0.3, 0.4) is 0 Å². The van der Waals surface area contributed by atoms with Crippen molar-refractivity contribution in [3.8, 4) is 0 Å². The third-order valence-electron chi connectivity index (χ3n) is 4.48. The Bertz CT molecular complexity index is 899. The molecule has 27 heavy (non-hydrogen) atoms. The van der Waals surface area contributed by atoms with Crippen LogP contribution in [0, 0.1) is 6.92 Å². The van der Waals surface area contributed by atoms with Gasteiger partial charge in [0.1, 0.15) is 23.3 Å². The number of carbonyl (C=O) groups excluding carboxylic acids is 2. The summed E-state index contributed by atoms with van der Waals surface area (Å²) in [4.78, 5) is 28.8. The second kappa shape index (κ2) is 7.58. The third-order valence-corrected chi connectivity index (χ3v) is 4.73. The average molecular weight is 389 g/mol. The molecule has 0 bridgehead atoms. The van der Waals surface area contributed by atoms with Gasteiger partial charge in [-0.1, -0.05) is 11.6 Å². The number of rotatable bonds is 5. The molecule has 2 aromatic rings. The normalized spacial score (nSPS) is 19.3. The van der Waals surface area contributed by atoms with Crippen molar-refractivity contribution in [1.29, 1.82) is 0 Å². The van der Waals surface area contributed by atoms with Crippen molar-refractivity contribution in [2.45, 2.75) is 13.0 Å². The number of amides is 1. The zero-order chi connectivity index (χ0) is 19.7. The minimum atomic E-state index is -0.769. The van der Waals surface area contributed by atoms with Crippen molar-refractivity contribution >= 4 is 29.1 Å². The van der Waals surface area contributed by atoms with Crippen molar-refractivity contribution in [3.63, 3.8) is 0 Å². The lowest BCUT2D eigenvalue weighted by atomic mass is 9.99. The van der Waals surface area contributed by atoms with Gasteiger partial charge in [0, 0.05) is 23.7 Å². The Morgan fingerprint density at radius 2 is 1.85 bits per heavy atom. The number of carbonyl (C=O) groups is 2. The van der Waals surface area contributed by atoms with E-state index in [1.54, 1.807) is 43.3 Å². The number of halogens is 1. The molecule has 142 valence electrons. The number of furan rings is 1. The first-order valence-electron chi connectivity index (χ1n) is 8.55. The summed E-state index contributed by atoms with van der Waals surface area (Å²) in [5.74, 6) is -0.501. The SMILES string of the molecule is Cc1ccc([C@@H]2C(=C(O)c3ccc(Cl)cc3)C(=O)C(=O)N2CCN(C)C)o1. The molecule has 0 saturated carbocycles. The summed E-state index contributed by atoms with van der Waals surface area (Å²) in [6.45, 7) is 2.69. The van der Waals surface area contributed by atoms with Crippen LogP contribution in [0.4, 0.5) is 0 Å². The maximum atomic E-state index is 12.7. The molecule has 0 unspecified atom stereocenters. The Labute approximate surface area is 162 Å². The molecular weight excluding hydrogens is 368 g/mol.